The van der Waals surface area contributed by atoms with Crippen LogP contribution in [0.1, 0.15) is 13.8 Å². The van der Waals surface area contributed by atoms with Crippen molar-refractivity contribution < 1.29 is 28.5 Å². The number of methoxy groups -OCH3 is 1. The third-order valence-electron chi connectivity index (χ3n) is 5.05. The maximum Gasteiger partial charge on any atom is 0.338 e. The molecule has 0 heterocycles. The van der Waals surface area contributed by atoms with Crippen LogP contribution in [0.4, 0.5) is 0 Å². The molecule has 0 aliphatic rings. The van der Waals surface area contributed by atoms with E-state index in [-0.39, 0.29) is 13.2 Å². The maximum atomic E-state index is 11.7. The van der Waals surface area contributed by atoms with E-state index >= 15 is 0 Å². The van der Waals surface area contributed by atoms with Gasteiger partial charge in [-0.2, -0.15) is 0 Å². The van der Waals surface area contributed by atoms with Crippen LogP contribution < -0.4 is 14.2 Å². The Hall–Kier alpha value is -4.32. The predicted molar refractivity (Wildman–Crippen MR) is 136 cm³/mol. The van der Waals surface area contributed by atoms with Gasteiger partial charge in [0.05, 0.1) is 7.11 Å². The summed E-state index contributed by atoms with van der Waals surface area (Å²) < 4.78 is 21.5. The SMILES string of the molecule is C=C(C)C(=O)OCCOc1cc(-c2ccc(-c3ccc(OC(=O)C(=C)C)cc3)cc2)ccc1OC. The number of hydrogen-bond donors (Lipinski definition) is 0. The van der Waals surface area contributed by atoms with Crippen molar-refractivity contribution in [2.45, 2.75) is 13.8 Å². The second-order valence-corrected chi connectivity index (χ2v) is 7.90. The molecule has 6 nitrogen and oxygen atoms in total. The van der Waals surface area contributed by atoms with Crippen molar-refractivity contribution in [1.29, 1.82) is 0 Å². The number of benzene rings is 3. The molecule has 35 heavy (non-hydrogen) atoms. The number of hydrogen-bond acceptors (Lipinski definition) is 6. The van der Waals surface area contributed by atoms with Crippen LogP contribution >= 0.6 is 0 Å². The molecule has 0 saturated heterocycles. The predicted octanol–water partition coefficient (Wildman–Crippen LogP) is 6.01. The van der Waals surface area contributed by atoms with Gasteiger partial charge in [0.1, 0.15) is 19.0 Å². The summed E-state index contributed by atoms with van der Waals surface area (Å²) in [5.74, 6) is 0.720. The molecule has 6 heteroatoms. The highest BCUT2D eigenvalue weighted by molar-refractivity contribution is 5.89. The standard InChI is InChI=1S/C29H28O6/c1-19(2)28(30)34-17-16-33-27-18-24(12-15-26(27)32-5)23-8-6-21(7-9-23)22-10-13-25(14-11-22)35-29(31)20(3)4/h6-15,18H,1,3,16-17H2,2,4-5H3. The van der Waals surface area contributed by atoms with Gasteiger partial charge >= 0.3 is 11.9 Å². The molecule has 3 rings (SSSR count). The highest BCUT2D eigenvalue weighted by Crippen LogP contribution is 2.33. The molecule has 0 aromatic heterocycles. The van der Waals surface area contributed by atoms with E-state index < -0.39 is 11.9 Å². The lowest BCUT2D eigenvalue weighted by Gasteiger charge is -2.13. The van der Waals surface area contributed by atoms with E-state index in [4.69, 9.17) is 18.9 Å². The van der Waals surface area contributed by atoms with Gasteiger partial charge in [-0.3, -0.25) is 0 Å². The van der Waals surface area contributed by atoms with Crippen LogP contribution in [0.2, 0.25) is 0 Å². The first-order chi connectivity index (χ1) is 16.8. The monoisotopic (exact) mass is 472 g/mol. The Morgan fingerprint density at radius 2 is 1.20 bits per heavy atom. The largest absolute Gasteiger partial charge is 0.493 e. The summed E-state index contributed by atoms with van der Waals surface area (Å²) in [7, 11) is 1.57. The van der Waals surface area contributed by atoms with Crippen LogP contribution in [0, 0.1) is 0 Å². The minimum atomic E-state index is -0.447. The zero-order chi connectivity index (χ0) is 25.4. The van der Waals surface area contributed by atoms with Crippen LogP contribution in [0.3, 0.4) is 0 Å². The van der Waals surface area contributed by atoms with Crippen molar-refractivity contribution >= 4 is 11.9 Å². The highest BCUT2D eigenvalue weighted by atomic mass is 16.6. The summed E-state index contributed by atoms with van der Waals surface area (Å²) in [6.07, 6.45) is 0. The lowest BCUT2D eigenvalue weighted by atomic mass is 10.00. The van der Waals surface area contributed by atoms with Gasteiger partial charge in [0.15, 0.2) is 11.5 Å². The van der Waals surface area contributed by atoms with Crippen molar-refractivity contribution in [2.24, 2.45) is 0 Å². The van der Waals surface area contributed by atoms with Gasteiger partial charge in [-0.25, -0.2) is 9.59 Å². The highest BCUT2D eigenvalue weighted by Gasteiger charge is 2.10. The van der Waals surface area contributed by atoms with Gasteiger partial charge in [0, 0.05) is 11.1 Å². The third kappa shape index (κ3) is 6.84. The third-order valence-corrected chi connectivity index (χ3v) is 5.05. The summed E-state index contributed by atoms with van der Waals surface area (Å²) in [5.41, 5.74) is 4.67. The second-order valence-electron chi connectivity index (χ2n) is 7.90. The number of carbonyl (C=O) groups is 2. The fourth-order valence-electron chi connectivity index (χ4n) is 3.14. The molecule has 3 aromatic rings. The first-order valence-electron chi connectivity index (χ1n) is 11.0. The molecule has 180 valence electrons. The second kappa shape index (κ2) is 11.7. The first-order valence-corrected chi connectivity index (χ1v) is 11.0. The van der Waals surface area contributed by atoms with Gasteiger partial charge in [0.2, 0.25) is 0 Å². The maximum absolute atomic E-state index is 11.7. The Balaban J connectivity index is 1.70. The Bertz CT molecular complexity index is 1220. The molecule has 0 atom stereocenters. The molecular weight excluding hydrogens is 444 g/mol. The van der Waals surface area contributed by atoms with Gasteiger partial charge in [-0.05, 0) is 60.4 Å². The summed E-state index contributed by atoms with van der Waals surface area (Å²) in [4.78, 5) is 23.2. The Kier molecular flexibility index (Phi) is 8.46. The molecule has 0 fully saturated rings. The van der Waals surface area contributed by atoms with Gasteiger partial charge < -0.3 is 18.9 Å². The smallest absolute Gasteiger partial charge is 0.338 e. The number of carbonyl (C=O) groups excluding carboxylic acids is 2. The van der Waals surface area contributed by atoms with E-state index in [9.17, 15) is 9.59 Å². The molecule has 0 amide bonds. The summed E-state index contributed by atoms with van der Waals surface area (Å²) in [6, 6.07) is 21.1. The van der Waals surface area contributed by atoms with Crippen molar-refractivity contribution in [3.05, 3.63) is 91.0 Å². The summed E-state index contributed by atoms with van der Waals surface area (Å²) in [5, 5.41) is 0. The average Bonchev–Trinajstić information content (AvgIpc) is 2.86. The Morgan fingerprint density at radius 1 is 0.686 bits per heavy atom. The fraction of sp³-hybridized carbons (Fsp3) is 0.172. The lowest BCUT2D eigenvalue weighted by Crippen LogP contribution is -2.12. The molecule has 0 saturated carbocycles. The fourth-order valence-corrected chi connectivity index (χ4v) is 3.14. The van der Waals surface area contributed by atoms with E-state index in [1.54, 1.807) is 33.1 Å². The zero-order valence-electron chi connectivity index (χ0n) is 20.1. The Labute approximate surface area is 205 Å². The van der Waals surface area contributed by atoms with Gasteiger partial charge in [-0.1, -0.05) is 55.6 Å². The summed E-state index contributed by atoms with van der Waals surface area (Å²) in [6.45, 7) is 10.6. The molecule has 0 aliphatic carbocycles. The number of ether oxygens (including phenoxy) is 4. The molecule has 0 aliphatic heterocycles. The minimum absolute atomic E-state index is 0.110. The number of esters is 2. The normalized spacial score (nSPS) is 10.3. The quantitative estimate of drug-likeness (QED) is 0.156. The van der Waals surface area contributed by atoms with Crippen molar-refractivity contribution in [3.63, 3.8) is 0 Å². The van der Waals surface area contributed by atoms with E-state index in [0.29, 0.717) is 28.4 Å². The zero-order valence-corrected chi connectivity index (χ0v) is 20.1. The van der Waals surface area contributed by atoms with Crippen LogP contribution in [-0.4, -0.2) is 32.3 Å². The molecule has 3 aromatic carbocycles. The first kappa shape index (κ1) is 25.3. The lowest BCUT2D eigenvalue weighted by molar-refractivity contribution is -0.139. The number of rotatable bonds is 10. The average molecular weight is 473 g/mol. The molecule has 0 bridgehead atoms. The Morgan fingerprint density at radius 3 is 1.74 bits per heavy atom. The molecule has 0 unspecified atom stereocenters. The molecule has 0 radical (unpaired) electrons. The van der Waals surface area contributed by atoms with Crippen molar-refractivity contribution in [2.75, 3.05) is 20.3 Å². The minimum Gasteiger partial charge on any atom is -0.493 e. The van der Waals surface area contributed by atoms with Gasteiger partial charge in [-0.15, -0.1) is 0 Å². The van der Waals surface area contributed by atoms with Crippen LogP contribution in [0.5, 0.6) is 17.2 Å². The van der Waals surface area contributed by atoms with Crippen molar-refractivity contribution in [1.82, 2.24) is 0 Å². The van der Waals surface area contributed by atoms with Crippen molar-refractivity contribution in [3.8, 4) is 39.5 Å². The summed E-state index contributed by atoms with van der Waals surface area (Å²) >= 11 is 0. The molecule has 0 N–H and O–H groups in total. The van der Waals surface area contributed by atoms with Gasteiger partial charge in [0.25, 0.3) is 0 Å². The van der Waals surface area contributed by atoms with E-state index in [1.165, 1.54) is 0 Å². The molecular formula is C29H28O6. The van der Waals surface area contributed by atoms with Crippen LogP contribution in [0.15, 0.2) is 91.0 Å². The van der Waals surface area contributed by atoms with E-state index in [1.807, 2.05) is 54.6 Å². The van der Waals surface area contributed by atoms with Crippen LogP contribution in [0.25, 0.3) is 22.3 Å². The van der Waals surface area contributed by atoms with Crippen LogP contribution in [-0.2, 0) is 14.3 Å². The van der Waals surface area contributed by atoms with E-state index in [2.05, 4.69) is 13.2 Å². The van der Waals surface area contributed by atoms with E-state index in [0.717, 1.165) is 22.3 Å². The molecule has 0 spiro atoms. The topological polar surface area (TPSA) is 71.1 Å².